The summed E-state index contributed by atoms with van der Waals surface area (Å²) in [6.07, 6.45) is 2.37. The molecule has 120 valence electrons. The number of aryl methyl sites for hydroxylation is 2. The van der Waals surface area contributed by atoms with E-state index in [1.165, 1.54) is 4.88 Å². The Hall–Kier alpha value is -0.500. The van der Waals surface area contributed by atoms with Crippen LogP contribution in [0.25, 0.3) is 0 Å². The molecule has 2 rings (SSSR count). The molecular weight excluding hydrogens is 308 g/mol. The standard InChI is InChI=1S/C14H24N2O3S2/c1-4-12-11(2)20-13(16-12)14(15-7-8-19-3)6-5-9-21(17,18)10-14/h15H,4-10H2,1-3H3. The number of ether oxygens (including phenoxy) is 1. The van der Waals surface area contributed by atoms with Crippen molar-refractivity contribution in [1.82, 2.24) is 10.3 Å². The molecule has 0 bridgehead atoms. The van der Waals surface area contributed by atoms with E-state index in [2.05, 4.69) is 19.2 Å². The molecule has 5 nitrogen and oxygen atoms in total. The molecular formula is C14H24N2O3S2. The minimum atomic E-state index is -3.02. The molecule has 0 saturated carbocycles. The van der Waals surface area contributed by atoms with Crippen LogP contribution < -0.4 is 5.32 Å². The molecule has 21 heavy (non-hydrogen) atoms. The molecule has 1 atom stereocenters. The van der Waals surface area contributed by atoms with Crippen molar-refractivity contribution in [2.45, 2.75) is 38.6 Å². The highest BCUT2D eigenvalue weighted by Gasteiger charge is 2.42. The minimum absolute atomic E-state index is 0.139. The molecule has 7 heteroatoms. The Morgan fingerprint density at radius 1 is 1.48 bits per heavy atom. The van der Waals surface area contributed by atoms with E-state index < -0.39 is 15.4 Å². The highest BCUT2D eigenvalue weighted by atomic mass is 32.2. The number of methoxy groups -OCH3 is 1. The second kappa shape index (κ2) is 6.73. The molecule has 1 unspecified atom stereocenters. The van der Waals surface area contributed by atoms with Gasteiger partial charge in [-0.25, -0.2) is 13.4 Å². The zero-order chi connectivity index (χ0) is 15.5. The van der Waals surface area contributed by atoms with Crippen molar-refractivity contribution in [3.05, 3.63) is 15.6 Å². The molecule has 0 spiro atoms. The molecule has 1 aromatic rings. The average Bonchev–Trinajstić information content (AvgIpc) is 2.80. The number of hydrogen-bond donors (Lipinski definition) is 1. The van der Waals surface area contributed by atoms with Crippen LogP contribution >= 0.6 is 11.3 Å². The van der Waals surface area contributed by atoms with Gasteiger partial charge in [0, 0.05) is 18.5 Å². The summed E-state index contributed by atoms with van der Waals surface area (Å²) in [4.78, 5) is 5.90. The second-order valence-corrected chi connectivity index (χ2v) is 8.96. The van der Waals surface area contributed by atoms with Gasteiger partial charge in [-0.05, 0) is 26.2 Å². The Balaban J connectivity index is 2.34. The Morgan fingerprint density at radius 2 is 2.24 bits per heavy atom. The van der Waals surface area contributed by atoms with Gasteiger partial charge in [0.15, 0.2) is 9.84 Å². The van der Waals surface area contributed by atoms with Crippen LogP contribution in [-0.4, -0.2) is 45.2 Å². The van der Waals surface area contributed by atoms with Crippen molar-refractivity contribution in [3.63, 3.8) is 0 Å². The quantitative estimate of drug-likeness (QED) is 0.802. The fourth-order valence-corrected chi connectivity index (χ4v) is 6.00. The molecule has 0 amide bonds. The maximum Gasteiger partial charge on any atom is 0.152 e. The lowest BCUT2D eigenvalue weighted by molar-refractivity contribution is 0.183. The van der Waals surface area contributed by atoms with Gasteiger partial charge in [0.1, 0.15) is 5.01 Å². The lowest BCUT2D eigenvalue weighted by Crippen LogP contribution is -2.51. The van der Waals surface area contributed by atoms with Crippen LogP contribution in [0.2, 0.25) is 0 Å². The molecule has 1 N–H and O–H groups in total. The Bertz CT molecular complexity index is 583. The SMILES string of the molecule is CCc1nc(C2(NCCOC)CCCS(=O)(=O)C2)sc1C. The summed E-state index contributed by atoms with van der Waals surface area (Å²) in [5, 5.41) is 4.33. The van der Waals surface area contributed by atoms with Gasteiger partial charge < -0.3 is 10.1 Å². The van der Waals surface area contributed by atoms with Crippen LogP contribution in [0.4, 0.5) is 0 Å². The van der Waals surface area contributed by atoms with Gasteiger partial charge in [0.25, 0.3) is 0 Å². The van der Waals surface area contributed by atoms with E-state index in [9.17, 15) is 8.42 Å². The highest BCUT2D eigenvalue weighted by molar-refractivity contribution is 7.91. The van der Waals surface area contributed by atoms with E-state index in [0.29, 0.717) is 19.6 Å². The van der Waals surface area contributed by atoms with Crippen molar-refractivity contribution in [2.75, 3.05) is 31.8 Å². The van der Waals surface area contributed by atoms with Gasteiger partial charge in [-0.3, -0.25) is 0 Å². The molecule has 1 aliphatic heterocycles. The third kappa shape index (κ3) is 3.83. The first-order valence-electron chi connectivity index (χ1n) is 7.33. The van der Waals surface area contributed by atoms with Gasteiger partial charge in [-0.15, -0.1) is 11.3 Å². The Labute approximate surface area is 131 Å². The van der Waals surface area contributed by atoms with Crippen molar-refractivity contribution in [3.8, 4) is 0 Å². The number of aromatic nitrogens is 1. The lowest BCUT2D eigenvalue weighted by atomic mass is 9.96. The summed E-state index contributed by atoms with van der Waals surface area (Å²) in [6.45, 7) is 5.33. The molecule has 1 aliphatic rings. The number of thiazole rings is 1. The Kier molecular flexibility index (Phi) is 5.40. The Morgan fingerprint density at radius 3 is 2.81 bits per heavy atom. The van der Waals surface area contributed by atoms with Gasteiger partial charge in [0.2, 0.25) is 0 Å². The molecule has 0 aromatic carbocycles. The normalized spacial score (nSPS) is 25.1. The van der Waals surface area contributed by atoms with E-state index in [0.717, 1.165) is 23.5 Å². The third-order valence-corrected chi connectivity index (χ3v) is 6.99. The summed E-state index contributed by atoms with van der Waals surface area (Å²) in [7, 11) is -1.38. The summed E-state index contributed by atoms with van der Waals surface area (Å²) < 4.78 is 29.4. The fourth-order valence-electron chi connectivity index (χ4n) is 2.85. The van der Waals surface area contributed by atoms with Crippen molar-refractivity contribution >= 4 is 21.2 Å². The lowest BCUT2D eigenvalue weighted by Gasteiger charge is -2.36. The van der Waals surface area contributed by atoms with Crippen LogP contribution in [0.15, 0.2) is 0 Å². The van der Waals surface area contributed by atoms with Crippen LogP contribution in [0, 0.1) is 6.92 Å². The molecule has 1 fully saturated rings. The van der Waals surface area contributed by atoms with Gasteiger partial charge in [0.05, 0.1) is 29.3 Å². The highest BCUT2D eigenvalue weighted by Crippen LogP contribution is 2.36. The molecule has 2 heterocycles. The first kappa shape index (κ1) is 16.9. The number of rotatable bonds is 6. The topological polar surface area (TPSA) is 68.3 Å². The fraction of sp³-hybridized carbons (Fsp3) is 0.786. The summed E-state index contributed by atoms with van der Waals surface area (Å²) in [5.74, 6) is 0.422. The van der Waals surface area contributed by atoms with E-state index >= 15 is 0 Å². The van der Waals surface area contributed by atoms with E-state index in [1.807, 2.05) is 0 Å². The maximum absolute atomic E-state index is 12.1. The molecule has 0 aliphatic carbocycles. The van der Waals surface area contributed by atoms with Crippen LogP contribution in [-0.2, 0) is 26.5 Å². The van der Waals surface area contributed by atoms with Crippen molar-refractivity contribution in [1.29, 1.82) is 0 Å². The molecule has 0 radical (unpaired) electrons. The monoisotopic (exact) mass is 332 g/mol. The zero-order valence-corrected chi connectivity index (χ0v) is 14.6. The van der Waals surface area contributed by atoms with E-state index in [1.54, 1.807) is 18.4 Å². The smallest absolute Gasteiger partial charge is 0.152 e. The summed E-state index contributed by atoms with van der Waals surface area (Å²) >= 11 is 1.62. The van der Waals surface area contributed by atoms with E-state index in [-0.39, 0.29) is 11.5 Å². The zero-order valence-electron chi connectivity index (χ0n) is 12.9. The number of nitrogens with one attached hydrogen (secondary N) is 1. The van der Waals surface area contributed by atoms with Crippen LogP contribution in [0.1, 0.15) is 35.3 Å². The molecule has 1 aromatic heterocycles. The van der Waals surface area contributed by atoms with E-state index in [4.69, 9.17) is 9.72 Å². The number of hydrogen-bond acceptors (Lipinski definition) is 6. The summed E-state index contributed by atoms with van der Waals surface area (Å²) in [5.41, 5.74) is 0.532. The van der Waals surface area contributed by atoms with Crippen molar-refractivity contribution < 1.29 is 13.2 Å². The molecule has 1 saturated heterocycles. The predicted molar refractivity (Wildman–Crippen MR) is 85.7 cm³/mol. The van der Waals surface area contributed by atoms with Crippen LogP contribution in [0.3, 0.4) is 0 Å². The van der Waals surface area contributed by atoms with Gasteiger partial charge in [-0.1, -0.05) is 6.92 Å². The predicted octanol–water partition coefficient (Wildman–Crippen LogP) is 1.65. The first-order valence-corrected chi connectivity index (χ1v) is 9.97. The largest absolute Gasteiger partial charge is 0.383 e. The van der Waals surface area contributed by atoms with Crippen LogP contribution in [0.5, 0.6) is 0 Å². The summed E-state index contributed by atoms with van der Waals surface area (Å²) in [6, 6.07) is 0. The maximum atomic E-state index is 12.1. The first-order chi connectivity index (χ1) is 9.92. The van der Waals surface area contributed by atoms with Crippen molar-refractivity contribution in [2.24, 2.45) is 0 Å². The van der Waals surface area contributed by atoms with Gasteiger partial charge >= 0.3 is 0 Å². The van der Waals surface area contributed by atoms with Gasteiger partial charge in [-0.2, -0.15) is 0 Å². The number of nitrogens with zero attached hydrogens (tertiary/aromatic N) is 1. The average molecular weight is 332 g/mol. The minimum Gasteiger partial charge on any atom is -0.383 e. The second-order valence-electron chi connectivity index (χ2n) is 5.57. The number of sulfone groups is 1. The third-order valence-electron chi connectivity index (χ3n) is 3.93.